The third kappa shape index (κ3) is 11.3. The largest absolute Gasteiger partial charge is 0.508 e. The molecule has 57 heavy (non-hydrogen) atoms. The Morgan fingerprint density at radius 1 is 0.702 bits per heavy atom. The van der Waals surface area contributed by atoms with Crippen molar-refractivity contribution in [2.75, 3.05) is 26.7 Å². The van der Waals surface area contributed by atoms with Crippen LogP contribution in [-0.4, -0.2) is 113 Å². The number of aromatic hydroxyl groups is 1. The number of nitrogens with two attached hydrogens (primary N) is 4. The number of guanidine groups is 2. The monoisotopic (exact) mass is 783 g/mol. The molecule has 0 aromatic heterocycles. The van der Waals surface area contributed by atoms with E-state index >= 15 is 0 Å². The minimum absolute atomic E-state index is 0.0241. The SMILES string of the molecule is CN1C(=O)[C@@H](Cc2ccc(O)cc2)NC(=O)[C@@H]2CCCN2C(=O)[C@H](Cc2ccc3ccccc3c2)NC(=O)[C@H](CCCN=C(N)N)NC(=O)[C@@H]1CCCN=C(N)N. The van der Waals surface area contributed by atoms with Gasteiger partial charge in [-0.15, -0.1) is 0 Å². The molecule has 5 amide bonds. The van der Waals surface area contributed by atoms with Crippen molar-refractivity contribution in [1.82, 2.24) is 25.8 Å². The van der Waals surface area contributed by atoms with Gasteiger partial charge in [0.25, 0.3) is 0 Å². The van der Waals surface area contributed by atoms with E-state index in [0.717, 1.165) is 16.3 Å². The highest BCUT2D eigenvalue weighted by Crippen LogP contribution is 2.23. The van der Waals surface area contributed by atoms with Crippen LogP contribution in [0.2, 0.25) is 0 Å². The topological polar surface area (TPSA) is 277 Å². The Kier molecular flexibility index (Phi) is 14.3. The molecule has 0 radical (unpaired) electrons. The molecule has 0 bridgehead atoms. The highest BCUT2D eigenvalue weighted by molar-refractivity contribution is 5.98. The summed E-state index contributed by atoms with van der Waals surface area (Å²) in [5, 5.41) is 20.5. The number of phenols is 1. The van der Waals surface area contributed by atoms with Gasteiger partial charge in [-0.05, 0) is 72.6 Å². The van der Waals surface area contributed by atoms with Crippen LogP contribution < -0.4 is 38.9 Å². The minimum Gasteiger partial charge on any atom is -0.508 e. The number of hydrogen-bond acceptors (Lipinski definition) is 8. The van der Waals surface area contributed by atoms with Gasteiger partial charge in [0, 0.05) is 39.5 Å². The smallest absolute Gasteiger partial charge is 0.246 e. The Hall–Kier alpha value is -6.39. The lowest BCUT2D eigenvalue weighted by atomic mass is 9.99. The van der Waals surface area contributed by atoms with Gasteiger partial charge in [0.1, 0.15) is 36.0 Å². The standard InChI is InChI=1S/C40H53N11O6/c1-50-32(10-5-19-46-40(43)44)35(54)47-29(9-4-18-45-39(41)42)34(53)48-31(23-25-12-15-26-7-2-3-8-27(26)21-25)38(57)51-20-6-11-33(51)36(55)49-30(37(50)56)22-24-13-16-28(52)17-14-24/h2-3,7-8,12-17,21,29-33,52H,4-6,9-11,18-20,22-23H2,1H3,(H,47,54)(H,48,53)(H,49,55)(H4,41,42,45)(H4,43,44,46)/t29-,30+,31-,32-,33-/m0/s1. The third-order valence-electron chi connectivity index (χ3n) is 10.3. The van der Waals surface area contributed by atoms with Crippen molar-refractivity contribution >= 4 is 52.2 Å². The van der Waals surface area contributed by atoms with Crippen molar-refractivity contribution in [2.45, 2.75) is 81.6 Å². The van der Waals surface area contributed by atoms with Gasteiger partial charge in [-0.3, -0.25) is 34.0 Å². The van der Waals surface area contributed by atoms with E-state index in [1.165, 1.54) is 29.0 Å². The summed E-state index contributed by atoms with van der Waals surface area (Å²) in [6.45, 7) is 0.596. The van der Waals surface area contributed by atoms with Crippen LogP contribution in [0.25, 0.3) is 10.8 Å². The molecule has 17 heteroatoms. The predicted molar refractivity (Wildman–Crippen MR) is 216 cm³/mol. The second-order valence-electron chi connectivity index (χ2n) is 14.5. The maximum atomic E-state index is 14.6. The molecule has 304 valence electrons. The summed E-state index contributed by atoms with van der Waals surface area (Å²) in [6.07, 6.45) is 1.78. The number of nitrogens with one attached hydrogen (secondary N) is 3. The number of benzene rings is 3. The fourth-order valence-electron chi connectivity index (χ4n) is 7.35. The van der Waals surface area contributed by atoms with E-state index in [4.69, 9.17) is 22.9 Å². The molecule has 3 aromatic carbocycles. The number of phenolic OH excluding ortho intramolecular Hbond substituents is 1. The molecule has 0 aliphatic carbocycles. The van der Waals surface area contributed by atoms with Crippen LogP contribution in [0.1, 0.15) is 49.7 Å². The zero-order chi connectivity index (χ0) is 41.1. The summed E-state index contributed by atoms with van der Waals surface area (Å²) in [6, 6.07) is 14.3. The number of likely N-dealkylation sites (N-methyl/N-ethyl adjacent to an activating group) is 1. The normalized spacial score (nSPS) is 22.1. The Labute approximate surface area is 331 Å². The van der Waals surface area contributed by atoms with Crippen LogP contribution in [-0.2, 0) is 36.8 Å². The number of rotatable bonds is 12. The number of carbonyl (C=O) groups is 5. The highest BCUT2D eigenvalue weighted by atomic mass is 16.3. The zero-order valence-electron chi connectivity index (χ0n) is 32.1. The van der Waals surface area contributed by atoms with Gasteiger partial charge in [0.05, 0.1) is 0 Å². The molecule has 17 nitrogen and oxygen atoms in total. The second-order valence-corrected chi connectivity index (χ2v) is 14.5. The van der Waals surface area contributed by atoms with Crippen LogP contribution in [0.5, 0.6) is 5.75 Å². The van der Waals surface area contributed by atoms with Gasteiger partial charge < -0.3 is 53.8 Å². The molecule has 0 spiro atoms. The van der Waals surface area contributed by atoms with E-state index in [1.807, 2.05) is 42.5 Å². The molecule has 12 N–H and O–H groups in total. The number of nitrogens with zero attached hydrogens (tertiary/aromatic N) is 4. The predicted octanol–water partition coefficient (Wildman–Crippen LogP) is -0.276. The number of amides is 5. The molecule has 0 saturated carbocycles. The maximum absolute atomic E-state index is 14.6. The lowest BCUT2D eigenvalue weighted by Gasteiger charge is -2.32. The van der Waals surface area contributed by atoms with Crippen molar-refractivity contribution in [3.8, 4) is 5.75 Å². The number of carbonyl (C=O) groups excluding carboxylic acids is 5. The minimum atomic E-state index is -1.16. The van der Waals surface area contributed by atoms with Crippen molar-refractivity contribution < 1.29 is 29.1 Å². The molecule has 5 atom stereocenters. The van der Waals surface area contributed by atoms with Crippen molar-refractivity contribution in [3.05, 3.63) is 77.9 Å². The molecular formula is C40H53N11O6. The molecule has 2 fully saturated rings. The Balaban J connectivity index is 1.55. The van der Waals surface area contributed by atoms with Crippen LogP contribution in [0.3, 0.4) is 0 Å². The van der Waals surface area contributed by atoms with E-state index in [1.54, 1.807) is 12.1 Å². The average molecular weight is 784 g/mol. The van der Waals surface area contributed by atoms with Gasteiger partial charge in [0.15, 0.2) is 11.9 Å². The molecule has 2 saturated heterocycles. The van der Waals surface area contributed by atoms with Crippen LogP contribution in [0, 0.1) is 0 Å². The molecular weight excluding hydrogens is 731 g/mol. The molecule has 2 heterocycles. The van der Waals surface area contributed by atoms with E-state index in [0.29, 0.717) is 31.2 Å². The quantitative estimate of drug-likeness (QED) is 0.0676. The maximum Gasteiger partial charge on any atom is 0.246 e. The third-order valence-corrected chi connectivity index (χ3v) is 10.3. The number of aliphatic imine (C=N–C) groups is 2. The molecule has 2 aliphatic rings. The van der Waals surface area contributed by atoms with Gasteiger partial charge in [-0.1, -0.05) is 54.6 Å². The fraction of sp³-hybridized carbons (Fsp3) is 0.425. The average Bonchev–Trinajstić information content (AvgIpc) is 3.68. The van der Waals surface area contributed by atoms with E-state index in [2.05, 4.69) is 25.9 Å². The lowest BCUT2D eigenvalue weighted by Crippen LogP contribution is -2.58. The fourth-order valence-corrected chi connectivity index (χ4v) is 7.35. The zero-order valence-corrected chi connectivity index (χ0v) is 32.1. The molecule has 5 rings (SSSR count). The molecule has 0 unspecified atom stereocenters. The summed E-state index contributed by atoms with van der Waals surface area (Å²) in [5.74, 6) is -3.08. The number of hydrogen-bond donors (Lipinski definition) is 8. The van der Waals surface area contributed by atoms with Crippen molar-refractivity contribution in [2.24, 2.45) is 32.9 Å². The summed E-state index contributed by atoms with van der Waals surface area (Å²) in [7, 11) is 1.46. The lowest BCUT2D eigenvalue weighted by molar-refractivity contribution is -0.144. The highest BCUT2D eigenvalue weighted by Gasteiger charge is 2.41. The first-order valence-electron chi connectivity index (χ1n) is 19.2. The van der Waals surface area contributed by atoms with Gasteiger partial charge >= 0.3 is 0 Å². The van der Waals surface area contributed by atoms with Crippen molar-refractivity contribution in [1.29, 1.82) is 0 Å². The van der Waals surface area contributed by atoms with Crippen LogP contribution in [0.4, 0.5) is 0 Å². The van der Waals surface area contributed by atoms with E-state index < -0.39 is 59.7 Å². The Bertz CT molecular complexity index is 1980. The van der Waals surface area contributed by atoms with Crippen molar-refractivity contribution in [3.63, 3.8) is 0 Å². The Morgan fingerprint density at radius 3 is 1.96 bits per heavy atom. The van der Waals surface area contributed by atoms with Gasteiger partial charge in [-0.25, -0.2) is 0 Å². The Morgan fingerprint density at radius 2 is 1.28 bits per heavy atom. The van der Waals surface area contributed by atoms with Crippen LogP contribution in [0.15, 0.2) is 76.7 Å². The first-order valence-corrected chi connectivity index (χ1v) is 19.2. The molecule has 3 aromatic rings. The van der Waals surface area contributed by atoms with Gasteiger partial charge in [0.2, 0.25) is 29.5 Å². The summed E-state index contributed by atoms with van der Waals surface area (Å²) < 4.78 is 0. The summed E-state index contributed by atoms with van der Waals surface area (Å²) in [5.41, 5.74) is 23.5. The second kappa shape index (κ2) is 19.5. The first kappa shape index (κ1) is 41.8. The van der Waals surface area contributed by atoms with E-state index in [9.17, 15) is 29.1 Å². The van der Waals surface area contributed by atoms with Gasteiger partial charge in [-0.2, -0.15) is 0 Å². The number of fused-ring (bicyclic) bond motifs is 2. The molecule has 2 aliphatic heterocycles. The summed E-state index contributed by atoms with van der Waals surface area (Å²) >= 11 is 0. The van der Waals surface area contributed by atoms with Crippen LogP contribution >= 0.6 is 0 Å². The first-order chi connectivity index (χ1) is 27.3. The summed E-state index contributed by atoms with van der Waals surface area (Å²) in [4.78, 5) is 82.5. The van der Waals surface area contributed by atoms with E-state index in [-0.39, 0.29) is 63.0 Å².